The van der Waals surface area contributed by atoms with Crippen molar-refractivity contribution in [3.8, 4) is 5.75 Å². The van der Waals surface area contributed by atoms with Gasteiger partial charge in [-0.25, -0.2) is 0 Å². The number of benzene rings is 1. The summed E-state index contributed by atoms with van der Waals surface area (Å²) in [5.41, 5.74) is 3.05. The number of nitrogens with zero attached hydrogens (tertiary/aromatic N) is 1. The minimum Gasteiger partial charge on any atom is -0.497 e. The molecular formula is C19H27NO2. The second kappa shape index (κ2) is 5.24. The van der Waals surface area contributed by atoms with Gasteiger partial charge in [-0.3, -0.25) is 4.90 Å². The average Bonchev–Trinajstić information content (AvgIpc) is 2.55. The summed E-state index contributed by atoms with van der Waals surface area (Å²) in [7, 11) is 1.74. The van der Waals surface area contributed by atoms with Crippen LogP contribution in [-0.4, -0.2) is 35.8 Å². The van der Waals surface area contributed by atoms with E-state index < -0.39 is 0 Å². The van der Waals surface area contributed by atoms with Gasteiger partial charge in [0.15, 0.2) is 0 Å². The zero-order chi connectivity index (χ0) is 15.3. The lowest BCUT2D eigenvalue weighted by molar-refractivity contribution is -0.115. The molecule has 1 aliphatic carbocycles. The van der Waals surface area contributed by atoms with Gasteiger partial charge >= 0.3 is 0 Å². The predicted molar refractivity (Wildman–Crippen MR) is 87.1 cm³/mol. The van der Waals surface area contributed by atoms with Crippen molar-refractivity contribution in [1.29, 1.82) is 0 Å². The summed E-state index contributed by atoms with van der Waals surface area (Å²) >= 11 is 0. The SMILES string of the molecule is COc1ccc2c(c1)CCN1[C@H]2CC[C@]2(C)[C@H](O)CCC[C@@H]12. The van der Waals surface area contributed by atoms with E-state index in [1.807, 2.05) is 0 Å². The van der Waals surface area contributed by atoms with Crippen molar-refractivity contribution in [2.45, 2.75) is 63.6 Å². The number of hydrogen-bond acceptors (Lipinski definition) is 3. The van der Waals surface area contributed by atoms with Gasteiger partial charge in [-0.2, -0.15) is 0 Å². The molecule has 1 N–H and O–H groups in total. The quantitative estimate of drug-likeness (QED) is 0.864. The molecule has 3 nitrogen and oxygen atoms in total. The van der Waals surface area contributed by atoms with Crippen LogP contribution in [0.2, 0.25) is 0 Å². The lowest BCUT2D eigenvalue weighted by Crippen LogP contribution is -2.60. The Morgan fingerprint density at radius 1 is 1.27 bits per heavy atom. The third-order valence-corrected chi connectivity index (χ3v) is 6.58. The fraction of sp³-hybridized carbons (Fsp3) is 0.684. The Morgan fingerprint density at radius 2 is 2.14 bits per heavy atom. The van der Waals surface area contributed by atoms with Gasteiger partial charge in [0, 0.05) is 24.0 Å². The highest BCUT2D eigenvalue weighted by molar-refractivity contribution is 5.40. The van der Waals surface area contributed by atoms with Gasteiger partial charge in [0.25, 0.3) is 0 Å². The van der Waals surface area contributed by atoms with E-state index in [0.29, 0.717) is 12.1 Å². The van der Waals surface area contributed by atoms with Crippen molar-refractivity contribution in [1.82, 2.24) is 4.90 Å². The molecule has 1 saturated carbocycles. The predicted octanol–water partition coefficient (Wildman–Crippen LogP) is 3.31. The number of aliphatic hydroxyl groups excluding tert-OH is 1. The maximum atomic E-state index is 10.6. The number of fused-ring (bicyclic) bond motifs is 5. The standard InChI is InChI=1S/C19H27NO2/c1-19-10-8-16-15-7-6-14(22-2)12-13(15)9-11-20(16)17(19)4-3-5-18(19)21/h6-7,12,16-18,21H,3-5,8-11H2,1-2H3/t16-,17+,18+,19-/m0/s1. The van der Waals surface area contributed by atoms with Gasteiger partial charge in [0.1, 0.15) is 5.75 Å². The summed E-state index contributed by atoms with van der Waals surface area (Å²) in [4.78, 5) is 2.71. The van der Waals surface area contributed by atoms with E-state index in [2.05, 4.69) is 30.0 Å². The summed E-state index contributed by atoms with van der Waals surface area (Å²) < 4.78 is 5.39. The van der Waals surface area contributed by atoms with Crippen LogP contribution in [-0.2, 0) is 6.42 Å². The molecule has 1 aromatic carbocycles. The summed E-state index contributed by atoms with van der Waals surface area (Å²) in [6.07, 6.45) is 6.69. The Bertz CT molecular complexity index is 573. The largest absolute Gasteiger partial charge is 0.497 e. The smallest absolute Gasteiger partial charge is 0.119 e. The normalized spacial score (nSPS) is 37.9. The molecule has 4 rings (SSSR count). The number of hydrogen-bond donors (Lipinski definition) is 1. The lowest BCUT2D eigenvalue weighted by Gasteiger charge is -2.57. The van der Waals surface area contributed by atoms with Crippen LogP contribution < -0.4 is 4.74 Å². The molecule has 0 unspecified atom stereocenters. The number of ether oxygens (including phenoxy) is 1. The molecule has 3 aliphatic rings. The molecule has 0 bridgehead atoms. The minimum absolute atomic E-state index is 0.0960. The molecule has 0 spiro atoms. The molecular weight excluding hydrogens is 274 g/mol. The van der Waals surface area contributed by atoms with E-state index in [0.717, 1.165) is 31.6 Å². The second-order valence-corrected chi connectivity index (χ2v) is 7.58. The molecule has 0 amide bonds. The maximum absolute atomic E-state index is 10.6. The Hall–Kier alpha value is -1.06. The zero-order valence-corrected chi connectivity index (χ0v) is 13.7. The van der Waals surface area contributed by atoms with Crippen molar-refractivity contribution in [3.63, 3.8) is 0 Å². The fourth-order valence-corrected chi connectivity index (χ4v) is 5.24. The van der Waals surface area contributed by atoms with Crippen LogP contribution in [0.4, 0.5) is 0 Å². The van der Waals surface area contributed by atoms with Crippen molar-refractivity contribution >= 4 is 0 Å². The van der Waals surface area contributed by atoms with Crippen LogP contribution in [0.3, 0.4) is 0 Å². The highest BCUT2D eigenvalue weighted by Gasteiger charge is 2.51. The van der Waals surface area contributed by atoms with E-state index in [1.54, 1.807) is 7.11 Å². The highest BCUT2D eigenvalue weighted by atomic mass is 16.5. The monoisotopic (exact) mass is 301 g/mol. The summed E-state index contributed by atoms with van der Waals surface area (Å²) in [5.74, 6) is 0.973. The molecule has 1 saturated heterocycles. The summed E-state index contributed by atoms with van der Waals surface area (Å²) in [6.45, 7) is 3.44. The topological polar surface area (TPSA) is 32.7 Å². The number of methoxy groups -OCH3 is 1. The van der Waals surface area contributed by atoms with Crippen molar-refractivity contribution in [2.75, 3.05) is 13.7 Å². The van der Waals surface area contributed by atoms with E-state index in [9.17, 15) is 5.11 Å². The van der Waals surface area contributed by atoms with Crippen molar-refractivity contribution < 1.29 is 9.84 Å². The summed E-state index contributed by atoms with van der Waals surface area (Å²) in [5, 5.41) is 10.6. The zero-order valence-electron chi connectivity index (χ0n) is 13.7. The van der Waals surface area contributed by atoms with Crippen molar-refractivity contribution in [2.24, 2.45) is 5.41 Å². The molecule has 3 heteroatoms. The van der Waals surface area contributed by atoms with Gasteiger partial charge in [0.05, 0.1) is 13.2 Å². The molecule has 22 heavy (non-hydrogen) atoms. The first-order valence-electron chi connectivity index (χ1n) is 8.74. The molecule has 4 atom stereocenters. The van der Waals surface area contributed by atoms with E-state index in [-0.39, 0.29) is 11.5 Å². The van der Waals surface area contributed by atoms with Crippen LogP contribution in [0.25, 0.3) is 0 Å². The van der Waals surface area contributed by atoms with E-state index >= 15 is 0 Å². The molecule has 2 heterocycles. The average molecular weight is 301 g/mol. The van der Waals surface area contributed by atoms with Crippen LogP contribution >= 0.6 is 0 Å². The Kier molecular flexibility index (Phi) is 3.46. The van der Waals surface area contributed by atoms with Gasteiger partial charge in [-0.15, -0.1) is 0 Å². The first-order valence-corrected chi connectivity index (χ1v) is 8.74. The molecule has 2 aliphatic heterocycles. The maximum Gasteiger partial charge on any atom is 0.119 e. The van der Waals surface area contributed by atoms with Gasteiger partial charge in [-0.1, -0.05) is 13.0 Å². The van der Waals surface area contributed by atoms with Crippen LogP contribution in [0.1, 0.15) is 56.2 Å². The van der Waals surface area contributed by atoms with Gasteiger partial charge in [-0.05, 0) is 61.8 Å². The fourth-order valence-electron chi connectivity index (χ4n) is 5.24. The van der Waals surface area contributed by atoms with Crippen LogP contribution in [0, 0.1) is 5.41 Å². The summed E-state index contributed by atoms with van der Waals surface area (Å²) in [6, 6.07) is 7.68. The highest BCUT2D eigenvalue weighted by Crippen LogP contribution is 2.52. The lowest BCUT2D eigenvalue weighted by atomic mass is 9.62. The van der Waals surface area contributed by atoms with Gasteiger partial charge < -0.3 is 9.84 Å². The van der Waals surface area contributed by atoms with E-state index in [4.69, 9.17) is 4.74 Å². The third-order valence-electron chi connectivity index (χ3n) is 6.58. The number of piperidine rings is 1. The Balaban J connectivity index is 1.68. The number of aliphatic hydroxyl groups is 1. The second-order valence-electron chi connectivity index (χ2n) is 7.58. The first kappa shape index (κ1) is 14.5. The number of rotatable bonds is 1. The molecule has 2 fully saturated rings. The van der Waals surface area contributed by atoms with Gasteiger partial charge in [0.2, 0.25) is 0 Å². The Labute approximate surface area is 133 Å². The first-order chi connectivity index (χ1) is 10.6. The Morgan fingerprint density at radius 3 is 2.95 bits per heavy atom. The van der Waals surface area contributed by atoms with Crippen molar-refractivity contribution in [3.05, 3.63) is 29.3 Å². The van der Waals surface area contributed by atoms with E-state index in [1.165, 1.54) is 30.4 Å². The molecule has 120 valence electrons. The molecule has 1 aromatic rings. The third kappa shape index (κ3) is 2.02. The van der Waals surface area contributed by atoms with Crippen LogP contribution in [0.15, 0.2) is 18.2 Å². The molecule has 0 radical (unpaired) electrons. The molecule has 0 aromatic heterocycles. The minimum atomic E-state index is -0.121. The van der Waals surface area contributed by atoms with Crippen LogP contribution in [0.5, 0.6) is 5.75 Å².